The molecule has 2 unspecified atom stereocenters. The van der Waals surface area contributed by atoms with Gasteiger partial charge in [-0.2, -0.15) is 0 Å². The SMILES string of the molecule is Cc1cccc(-n2cc(C(=O)NC3CCNCC3C)nn2)c1. The molecular formula is C16H21N5O. The molecule has 1 saturated heterocycles. The number of hydrogen-bond donors (Lipinski definition) is 2. The molecule has 2 N–H and O–H groups in total. The number of benzene rings is 1. The molecule has 2 heterocycles. The predicted octanol–water partition coefficient (Wildman–Crippen LogP) is 1.30. The molecule has 0 radical (unpaired) electrons. The Morgan fingerprint density at radius 1 is 1.45 bits per heavy atom. The number of piperidine rings is 1. The van der Waals surface area contributed by atoms with Crippen LogP contribution in [0.4, 0.5) is 0 Å². The van der Waals surface area contributed by atoms with Crippen molar-refractivity contribution in [3.05, 3.63) is 41.7 Å². The molecule has 22 heavy (non-hydrogen) atoms. The van der Waals surface area contributed by atoms with Crippen molar-refractivity contribution in [2.75, 3.05) is 13.1 Å². The molecule has 6 nitrogen and oxygen atoms in total. The van der Waals surface area contributed by atoms with Crippen molar-refractivity contribution in [3.63, 3.8) is 0 Å². The van der Waals surface area contributed by atoms with E-state index in [9.17, 15) is 4.79 Å². The third-order valence-corrected chi connectivity index (χ3v) is 4.09. The smallest absolute Gasteiger partial charge is 0.273 e. The van der Waals surface area contributed by atoms with Crippen molar-refractivity contribution >= 4 is 5.91 Å². The van der Waals surface area contributed by atoms with E-state index in [2.05, 4.69) is 27.9 Å². The van der Waals surface area contributed by atoms with Gasteiger partial charge < -0.3 is 10.6 Å². The number of aryl methyl sites for hydroxylation is 1. The zero-order chi connectivity index (χ0) is 15.5. The molecule has 116 valence electrons. The Morgan fingerprint density at radius 3 is 3.09 bits per heavy atom. The van der Waals surface area contributed by atoms with Crippen molar-refractivity contribution in [2.24, 2.45) is 5.92 Å². The Balaban J connectivity index is 1.71. The second-order valence-electron chi connectivity index (χ2n) is 5.94. The lowest BCUT2D eigenvalue weighted by Gasteiger charge is -2.29. The Kier molecular flexibility index (Phi) is 4.20. The minimum absolute atomic E-state index is 0.155. The van der Waals surface area contributed by atoms with E-state index in [0.29, 0.717) is 11.6 Å². The lowest BCUT2D eigenvalue weighted by Crippen LogP contribution is -2.48. The molecule has 0 bridgehead atoms. The van der Waals surface area contributed by atoms with Gasteiger partial charge in [0.1, 0.15) is 0 Å². The summed E-state index contributed by atoms with van der Waals surface area (Å²) in [4.78, 5) is 12.3. The van der Waals surface area contributed by atoms with Crippen LogP contribution in [0.3, 0.4) is 0 Å². The highest BCUT2D eigenvalue weighted by atomic mass is 16.2. The first-order chi connectivity index (χ1) is 10.6. The van der Waals surface area contributed by atoms with Gasteiger partial charge in [-0.25, -0.2) is 4.68 Å². The maximum absolute atomic E-state index is 12.3. The Labute approximate surface area is 129 Å². The molecule has 2 atom stereocenters. The van der Waals surface area contributed by atoms with Crippen LogP contribution in [0.1, 0.15) is 29.4 Å². The van der Waals surface area contributed by atoms with E-state index in [4.69, 9.17) is 0 Å². The van der Waals surface area contributed by atoms with Gasteiger partial charge in [0.05, 0.1) is 11.9 Å². The van der Waals surface area contributed by atoms with Gasteiger partial charge in [0.15, 0.2) is 5.69 Å². The third-order valence-electron chi connectivity index (χ3n) is 4.09. The van der Waals surface area contributed by atoms with Gasteiger partial charge in [0.25, 0.3) is 5.91 Å². The minimum atomic E-state index is -0.155. The first kappa shape index (κ1) is 14.7. The molecule has 1 amide bonds. The number of rotatable bonds is 3. The molecule has 6 heteroatoms. The maximum atomic E-state index is 12.3. The van der Waals surface area contributed by atoms with Crippen LogP contribution in [0.5, 0.6) is 0 Å². The summed E-state index contributed by atoms with van der Waals surface area (Å²) in [6.45, 7) is 6.03. The van der Waals surface area contributed by atoms with E-state index in [1.54, 1.807) is 10.9 Å². The topological polar surface area (TPSA) is 71.8 Å². The summed E-state index contributed by atoms with van der Waals surface area (Å²) in [5.74, 6) is 0.266. The minimum Gasteiger partial charge on any atom is -0.347 e. The van der Waals surface area contributed by atoms with Crippen molar-refractivity contribution in [3.8, 4) is 5.69 Å². The predicted molar refractivity (Wildman–Crippen MR) is 84.0 cm³/mol. The van der Waals surface area contributed by atoms with Crippen molar-refractivity contribution in [2.45, 2.75) is 26.3 Å². The van der Waals surface area contributed by atoms with E-state index < -0.39 is 0 Å². The highest BCUT2D eigenvalue weighted by Crippen LogP contribution is 2.12. The van der Waals surface area contributed by atoms with Crippen molar-refractivity contribution in [1.82, 2.24) is 25.6 Å². The molecular weight excluding hydrogens is 278 g/mol. The summed E-state index contributed by atoms with van der Waals surface area (Å²) in [6.07, 6.45) is 2.62. The van der Waals surface area contributed by atoms with Crippen LogP contribution in [0, 0.1) is 12.8 Å². The second kappa shape index (κ2) is 6.27. The third kappa shape index (κ3) is 3.17. The van der Waals surface area contributed by atoms with Gasteiger partial charge in [-0.15, -0.1) is 5.10 Å². The summed E-state index contributed by atoms with van der Waals surface area (Å²) < 4.78 is 1.63. The van der Waals surface area contributed by atoms with E-state index in [1.807, 2.05) is 31.2 Å². The van der Waals surface area contributed by atoms with Gasteiger partial charge >= 0.3 is 0 Å². The number of aromatic nitrogens is 3. The van der Waals surface area contributed by atoms with Crippen molar-refractivity contribution in [1.29, 1.82) is 0 Å². The van der Waals surface area contributed by atoms with Gasteiger partial charge in [-0.05, 0) is 50.0 Å². The molecule has 1 aliphatic rings. The lowest BCUT2D eigenvalue weighted by atomic mass is 9.95. The van der Waals surface area contributed by atoms with Gasteiger partial charge in [0.2, 0.25) is 0 Å². The quantitative estimate of drug-likeness (QED) is 0.896. The fourth-order valence-corrected chi connectivity index (χ4v) is 2.74. The Morgan fingerprint density at radius 2 is 2.32 bits per heavy atom. The molecule has 1 aromatic carbocycles. The summed E-state index contributed by atoms with van der Waals surface area (Å²) in [5.41, 5.74) is 2.40. The van der Waals surface area contributed by atoms with E-state index >= 15 is 0 Å². The van der Waals surface area contributed by atoms with Gasteiger partial charge in [-0.3, -0.25) is 4.79 Å². The number of nitrogens with zero attached hydrogens (tertiary/aromatic N) is 3. The monoisotopic (exact) mass is 299 g/mol. The van der Waals surface area contributed by atoms with Crippen LogP contribution >= 0.6 is 0 Å². The lowest BCUT2D eigenvalue weighted by molar-refractivity contribution is 0.0909. The average molecular weight is 299 g/mol. The van der Waals surface area contributed by atoms with Gasteiger partial charge in [-0.1, -0.05) is 24.3 Å². The van der Waals surface area contributed by atoms with Crippen LogP contribution in [-0.4, -0.2) is 40.0 Å². The molecule has 1 aliphatic heterocycles. The molecule has 3 rings (SSSR count). The summed E-state index contributed by atoms with van der Waals surface area (Å²) in [7, 11) is 0. The molecule has 1 aromatic heterocycles. The summed E-state index contributed by atoms with van der Waals surface area (Å²) >= 11 is 0. The van der Waals surface area contributed by atoms with Crippen molar-refractivity contribution < 1.29 is 4.79 Å². The number of amides is 1. The zero-order valence-electron chi connectivity index (χ0n) is 12.9. The summed E-state index contributed by atoms with van der Waals surface area (Å²) in [6, 6.07) is 8.12. The first-order valence-electron chi connectivity index (χ1n) is 7.64. The largest absolute Gasteiger partial charge is 0.347 e. The number of hydrogen-bond acceptors (Lipinski definition) is 4. The molecule has 1 fully saturated rings. The molecule has 0 spiro atoms. The molecule has 0 aliphatic carbocycles. The molecule has 0 saturated carbocycles. The van der Waals surface area contributed by atoms with Crippen LogP contribution in [0.2, 0.25) is 0 Å². The normalized spacial score (nSPS) is 21.5. The van der Waals surface area contributed by atoms with E-state index in [1.165, 1.54) is 0 Å². The van der Waals surface area contributed by atoms with Crippen LogP contribution in [0.25, 0.3) is 5.69 Å². The fraction of sp³-hybridized carbons (Fsp3) is 0.438. The van der Waals surface area contributed by atoms with Crippen LogP contribution < -0.4 is 10.6 Å². The van der Waals surface area contributed by atoms with Crippen LogP contribution in [0.15, 0.2) is 30.5 Å². The molecule has 2 aromatic rings. The first-order valence-corrected chi connectivity index (χ1v) is 7.64. The Hall–Kier alpha value is -2.21. The average Bonchev–Trinajstić information content (AvgIpc) is 2.99. The highest BCUT2D eigenvalue weighted by molar-refractivity contribution is 5.92. The second-order valence-corrected chi connectivity index (χ2v) is 5.94. The fourth-order valence-electron chi connectivity index (χ4n) is 2.74. The number of carbonyl (C=O) groups excluding carboxylic acids is 1. The number of carbonyl (C=O) groups is 1. The standard InChI is InChI=1S/C16H21N5O/c1-11-4-3-5-13(8-11)21-10-15(19-20-21)16(22)18-14-6-7-17-9-12(14)2/h3-5,8,10,12,14,17H,6-7,9H2,1-2H3,(H,18,22). The highest BCUT2D eigenvalue weighted by Gasteiger charge is 2.24. The summed E-state index contributed by atoms with van der Waals surface area (Å²) in [5, 5.41) is 14.4. The Bertz CT molecular complexity index is 666. The zero-order valence-corrected chi connectivity index (χ0v) is 12.9. The van der Waals surface area contributed by atoms with Gasteiger partial charge in [0, 0.05) is 6.04 Å². The maximum Gasteiger partial charge on any atom is 0.273 e. The van der Waals surface area contributed by atoms with Crippen LogP contribution in [-0.2, 0) is 0 Å². The number of nitrogens with one attached hydrogen (secondary N) is 2. The van der Waals surface area contributed by atoms with E-state index in [0.717, 1.165) is 30.8 Å². The van der Waals surface area contributed by atoms with E-state index in [-0.39, 0.29) is 11.9 Å².